The van der Waals surface area contributed by atoms with Crippen LogP contribution in [-0.4, -0.2) is 15.3 Å². The molecule has 0 aliphatic heterocycles. The second-order valence-electron chi connectivity index (χ2n) is 2.65. The van der Waals surface area contributed by atoms with Crippen molar-refractivity contribution >= 4 is 11.6 Å². The quantitative estimate of drug-likeness (QED) is 0.383. The lowest BCUT2D eigenvalue weighted by molar-refractivity contribution is 0.0944. The molecule has 14 heavy (non-hydrogen) atoms. The van der Waals surface area contributed by atoms with Crippen LogP contribution in [0.5, 0.6) is 0 Å². The fourth-order valence-corrected chi connectivity index (χ4v) is 1.18. The number of nitrogens with one attached hydrogen (secondary N) is 1. The molecule has 2 aromatic rings. The highest BCUT2D eigenvalue weighted by Gasteiger charge is 2.17. The summed E-state index contributed by atoms with van der Waals surface area (Å²) in [6.45, 7) is 0. The second kappa shape index (κ2) is 3.08. The highest BCUT2D eigenvalue weighted by molar-refractivity contribution is 5.92. The molecule has 0 fully saturated rings. The van der Waals surface area contributed by atoms with Crippen molar-refractivity contribution < 1.29 is 9.18 Å². The number of fused-ring (bicyclic) bond motifs is 1. The molecule has 0 atom stereocenters. The molecule has 2 aromatic heterocycles. The molecule has 2 rings (SSSR count). The van der Waals surface area contributed by atoms with Gasteiger partial charge in [-0.15, -0.1) is 0 Å². The van der Waals surface area contributed by atoms with Crippen LogP contribution in [0.4, 0.5) is 4.39 Å². The third-order valence-electron chi connectivity index (χ3n) is 1.82. The maximum absolute atomic E-state index is 13.5. The van der Waals surface area contributed by atoms with Crippen LogP contribution in [-0.2, 0) is 0 Å². The smallest absolute Gasteiger partial charge is 0.288 e. The third-order valence-corrected chi connectivity index (χ3v) is 1.82. The van der Waals surface area contributed by atoms with Crippen LogP contribution in [0.1, 0.15) is 10.5 Å². The average molecular weight is 194 g/mol. The fraction of sp³-hybridized carbons (Fsp3) is 0. The van der Waals surface area contributed by atoms with Crippen LogP contribution in [0, 0.1) is 5.95 Å². The molecule has 0 saturated heterocycles. The molecule has 0 bridgehead atoms. The summed E-state index contributed by atoms with van der Waals surface area (Å²) in [7, 11) is 0. The SMILES string of the molecule is NNC(=O)c1nc2ccccn2c1F. The van der Waals surface area contributed by atoms with E-state index in [-0.39, 0.29) is 5.69 Å². The summed E-state index contributed by atoms with van der Waals surface area (Å²) in [4.78, 5) is 14.8. The number of nitrogen functional groups attached to an aromatic ring is 1. The molecule has 3 N–H and O–H groups in total. The van der Waals surface area contributed by atoms with Crippen molar-refractivity contribution in [3.8, 4) is 0 Å². The van der Waals surface area contributed by atoms with E-state index in [0.29, 0.717) is 5.65 Å². The van der Waals surface area contributed by atoms with Gasteiger partial charge < -0.3 is 0 Å². The van der Waals surface area contributed by atoms with Gasteiger partial charge in [0, 0.05) is 6.20 Å². The summed E-state index contributed by atoms with van der Waals surface area (Å²) in [5.74, 6) is 3.42. The summed E-state index contributed by atoms with van der Waals surface area (Å²) in [5, 5.41) is 0. The van der Waals surface area contributed by atoms with Crippen LogP contribution in [0.3, 0.4) is 0 Å². The lowest BCUT2D eigenvalue weighted by Crippen LogP contribution is -2.31. The lowest BCUT2D eigenvalue weighted by Gasteiger charge is -1.93. The van der Waals surface area contributed by atoms with E-state index in [0.717, 1.165) is 0 Å². The van der Waals surface area contributed by atoms with Gasteiger partial charge in [-0.25, -0.2) is 10.8 Å². The minimum absolute atomic E-state index is 0.307. The van der Waals surface area contributed by atoms with Crippen molar-refractivity contribution in [2.24, 2.45) is 5.84 Å². The second-order valence-corrected chi connectivity index (χ2v) is 2.65. The minimum atomic E-state index is -0.744. The summed E-state index contributed by atoms with van der Waals surface area (Å²) in [6.07, 6.45) is 1.48. The van der Waals surface area contributed by atoms with E-state index < -0.39 is 11.9 Å². The van der Waals surface area contributed by atoms with E-state index in [1.165, 1.54) is 10.6 Å². The standard InChI is InChI=1S/C8H7FN4O/c9-7-6(8(14)12-10)11-5-3-1-2-4-13(5)7/h1-4H,10H2,(H,12,14). The van der Waals surface area contributed by atoms with Crippen molar-refractivity contribution in [3.63, 3.8) is 0 Å². The largest absolute Gasteiger partial charge is 0.289 e. The van der Waals surface area contributed by atoms with E-state index >= 15 is 0 Å². The number of hydrazine groups is 1. The summed E-state index contributed by atoms with van der Waals surface area (Å²) >= 11 is 0. The van der Waals surface area contributed by atoms with E-state index in [1.54, 1.807) is 18.2 Å². The van der Waals surface area contributed by atoms with Gasteiger partial charge in [-0.1, -0.05) is 6.07 Å². The van der Waals surface area contributed by atoms with Crippen LogP contribution < -0.4 is 11.3 Å². The molecular weight excluding hydrogens is 187 g/mol. The Bertz CT molecular complexity index is 493. The van der Waals surface area contributed by atoms with Crippen LogP contribution >= 0.6 is 0 Å². The molecule has 0 aromatic carbocycles. The van der Waals surface area contributed by atoms with Gasteiger partial charge in [0.2, 0.25) is 5.95 Å². The molecule has 6 heteroatoms. The molecule has 2 heterocycles. The number of aromatic nitrogens is 2. The average Bonchev–Trinajstić information content (AvgIpc) is 2.56. The van der Waals surface area contributed by atoms with Gasteiger partial charge in [0.15, 0.2) is 5.69 Å². The monoisotopic (exact) mass is 194 g/mol. The number of nitrogens with two attached hydrogens (primary N) is 1. The van der Waals surface area contributed by atoms with E-state index in [1.807, 2.05) is 5.43 Å². The predicted octanol–water partition coefficient (Wildman–Crippen LogP) is 0.0769. The summed E-state index contributed by atoms with van der Waals surface area (Å²) in [5.41, 5.74) is 1.89. The number of carbonyl (C=O) groups excluding carboxylic acids is 1. The Kier molecular flexibility index (Phi) is 1.90. The Morgan fingerprint density at radius 1 is 1.57 bits per heavy atom. The van der Waals surface area contributed by atoms with Crippen molar-refractivity contribution in [1.29, 1.82) is 0 Å². The molecule has 0 aliphatic carbocycles. The summed E-state index contributed by atoms with van der Waals surface area (Å²) < 4.78 is 14.6. The Hall–Kier alpha value is -1.95. The minimum Gasteiger partial charge on any atom is -0.289 e. The number of halogens is 1. The molecule has 0 radical (unpaired) electrons. The molecule has 0 aliphatic rings. The predicted molar refractivity (Wildman–Crippen MR) is 46.8 cm³/mol. The van der Waals surface area contributed by atoms with E-state index in [4.69, 9.17) is 5.84 Å². The first-order valence-corrected chi connectivity index (χ1v) is 3.87. The number of carbonyl (C=O) groups is 1. The highest BCUT2D eigenvalue weighted by Crippen LogP contribution is 2.09. The Labute approximate surface area is 78.3 Å². The van der Waals surface area contributed by atoms with E-state index in [2.05, 4.69) is 4.98 Å². The zero-order chi connectivity index (χ0) is 10.1. The molecule has 0 unspecified atom stereocenters. The Morgan fingerprint density at radius 2 is 2.36 bits per heavy atom. The van der Waals surface area contributed by atoms with Crippen LogP contribution in [0.2, 0.25) is 0 Å². The Morgan fingerprint density at radius 3 is 3.00 bits per heavy atom. The van der Waals surface area contributed by atoms with Crippen LogP contribution in [0.15, 0.2) is 24.4 Å². The number of rotatable bonds is 1. The molecular formula is C8H7FN4O. The lowest BCUT2D eigenvalue weighted by atomic mass is 10.4. The molecule has 0 spiro atoms. The van der Waals surface area contributed by atoms with Crippen molar-refractivity contribution in [3.05, 3.63) is 36.0 Å². The van der Waals surface area contributed by atoms with Gasteiger partial charge in [-0.3, -0.25) is 14.6 Å². The first-order valence-electron chi connectivity index (χ1n) is 3.87. The normalized spacial score (nSPS) is 10.4. The summed E-state index contributed by atoms with van der Waals surface area (Å²) in [6, 6.07) is 4.93. The Balaban J connectivity index is 2.68. The number of amides is 1. The molecule has 0 saturated carbocycles. The van der Waals surface area contributed by atoms with Gasteiger partial charge in [-0.05, 0) is 12.1 Å². The van der Waals surface area contributed by atoms with Gasteiger partial charge in [0.25, 0.3) is 5.91 Å². The third kappa shape index (κ3) is 1.12. The molecule has 1 amide bonds. The zero-order valence-electron chi connectivity index (χ0n) is 7.07. The maximum atomic E-state index is 13.5. The van der Waals surface area contributed by atoms with Crippen molar-refractivity contribution in [1.82, 2.24) is 14.8 Å². The first-order chi connectivity index (χ1) is 6.74. The van der Waals surface area contributed by atoms with Gasteiger partial charge >= 0.3 is 0 Å². The van der Waals surface area contributed by atoms with Gasteiger partial charge in [0.05, 0.1) is 0 Å². The maximum Gasteiger partial charge on any atom is 0.288 e. The number of hydrogen-bond donors (Lipinski definition) is 2. The number of nitrogens with zero attached hydrogens (tertiary/aromatic N) is 2. The van der Waals surface area contributed by atoms with Crippen molar-refractivity contribution in [2.75, 3.05) is 0 Å². The number of hydrogen-bond acceptors (Lipinski definition) is 3. The number of pyridine rings is 1. The molecule has 5 nitrogen and oxygen atoms in total. The van der Waals surface area contributed by atoms with Gasteiger partial charge in [-0.2, -0.15) is 4.39 Å². The van der Waals surface area contributed by atoms with E-state index in [9.17, 15) is 9.18 Å². The topological polar surface area (TPSA) is 72.4 Å². The van der Waals surface area contributed by atoms with Crippen molar-refractivity contribution in [2.45, 2.75) is 0 Å². The zero-order valence-corrected chi connectivity index (χ0v) is 7.07. The highest BCUT2D eigenvalue weighted by atomic mass is 19.1. The van der Waals surface area contributed by atoms with Gasteiger partial charge in [0.1, 0.15) is 5.65 Å². The fourth-order valence-electron chi connectivity index (χ4n) is 1.18. The first kappa shape index (κ1) is 8.64. The number of imidazole rings is 1. The van der Waals surface area contributed by atoms with Crippen LogP contribution in [0.25, 0.3) is 5.65 Å². The molecule has 72 valence electrons.